The van der Waals surface area contributed by atoms with E-state index in [0.717, 1.165) is 57.3 Å². The third-order valence-electron chi connectivity index (χ3n) is 3.92. The number of hydrogen-bond acceptors (Lipinski definition) is 4. The Morgan fingerprint density at radius 2 is 2.20 bits per heavy atom. The highest BCUT2D eigenvalue weighted by Gasteiger charge is 2.15. The first-order chi connectivity index (χ1) is 9.83. The van der Waals surface area contributed by atoms with E-state index in [2.05, 4.69) is 22.9 Å². The minimum Gasteiger partial charge on any atom is -0.494 e. The highest BCUT2D eigenvalue weighted by atomic mass is 16.5. The Morgan fingerprint density at radius 1 is 1.35 bits per heavy atom. The molecule has 0 amide bonds. The molecule has 0 saturated carbocycles. The van der Waals surface area contributed by atoms with Crippen LogP contribution >= 0.6 is 0 Å². The molecule has 0 spiro atoms. The highest BCUT2D eigenvalue weighted by molar-refractivity contribution is 5.80. The molecule has 2 aliphatic rings. The number of hydrogen-bond donors (Lipinski definition) is 0. The number of benzene rings is 1. The van der Waals surface area contributed by atoms with Crippen LogP contribution in [0.5, 0.6) is 5.75 Å². The molecule has 1 aromatic carbocycles. The van der Waals surface area contributed by atoms with Gasteiger partial charge in [0.15, 0.2) is 0 Å². The van der Waals surface area contributed by atoms with E-state index >= 15 is 0 Å². The maximum atomic E-state index is 5.86. The third kappa shape index (κ3) is 3.19. The maximum Gasteiger partial charge on any atom is 0.119 e. The van der Waals surface area contributed by atoms with E-state index in [9.17, 15) is 0 Å². The van der Waals surface area contributed by atoms with Crippen LogP contribution in [0.2, 0.25) is 0 Å². The van der Waals surface area contributed by atoms with Gasteiger partial charge in [-0.3, -0.25) is 9.89 Å². The van der Waals surface area contributed by atoms with Gasteiger partial charge in [-0.2, -0.15) is 0 Å². The molecular formula is C16H22N2O2. The zero-order valence-corrected chi connectivity index (χ0v) is 12.0. The van der Waals surface area contributed by atoms with Crippen molar-refractivity contribution in [2.75, 3.05) is 39.5 Å². The fraction of sp³-hybridized carbons (Fsp3) is 0.562. The fourth-order valence-electron chi connectivity index (χ4n) is 2.68. The Morgan fingerprint density at radius 3 is 3.05 bits per heavy atom. The Bertz CT molecular complexity index is 481. The molecule has 1 unspecified atom stereocenters. The van der Waals surface area contributed by atoms with Gasteiger partial charge in [0.1, 0.15) is 5.75 Å². The van der Waals surface area contributed by atoms with Crippen molar-refractivity contribution in [1.29, 1.82) is 0 Å². The van der Waals surface area contributed by atoms with Crippen LogP contribution in [0.15, 0.2) is 23.2 Å². The molecular weight excluding hydrogens is 252 g/mol. The molecule has 0 aliphatic carbocycles. The zero-order valence-electron chi connectivity index (χ0n) is 12.0. The second kappa shape index (κ2) is 6.37. The second-order valence-corrected chi connectivity index (χ2v) is 5.44. The van der Waals surface area contributed by atoms with Crippen molar-refractivity contribution in [3.63, 3.8) is 0 Å². The maximum absolute atomic E-state index is 5.86. The van der Waals surface area contributed by atoms with Gasteiger partial charge in [-0.15, -0.1) is 0 Å². The van der Waals surface area contributed by atoms with Gasteiger partial charge in [-0.05, 0) is 30.2 Å². The molecule has 20 heavy (non-hydrogen) atoms. The molecule has 0 N–H and O–H groups in total. The Labute approximate surface area is 120 Å². The topological polar surface area (TPSA) is 34.1 Å². The molecule has 4 nitrogen and oxygen atoms in total. The van der Waals surface area contributed by atoms with E-state index in [1.807, 2.05) is 18.3 Å². The lowest BCUT2D eigenvalue weighted by Crippen LogP contribution is -2.37. The van der Waals surface area contributed by atoms with Gasteiger partial charge in [0.25, 0.3) is 0 Å². The molecule has 1 aromatic rings. The lowest BCUT2D eigenvalue weighted by molar-refractivity contribution is 0.0358. The summed E-state index contributed by atoms with van der Waals surface area (Å²) < 4.78 is 11.2. The number of ether oxygens (including phenoxy) is 2. The van der Waals surface area contributed by atoms with Crippen molar-refractivity contribution in [2.45, 2.75) is 19.3 Å². The monoisotopic (exact) mass is 274 g/mol. The highest BCUT2D eigenvalue weighted by Crippen LogP contribution is 2.34. The van der Waals surface area contributed by atoms with Gasteiger partial charge < -0.3 is 9.47 Å². The van der Waals surface area contributed by atoms with Gasteiger partial charge in [0, 0.05) is 31.8 Å². The summed E-state index contributed by atoms with van der Waals surface area (Å²) in [5.41, 5.74) is 2.36. The zero-order chi connectivity index (χ0) is 13.8. The summed E-state index contributed by atoms with van der Waals surface area (Å²) in [6.07, 6.45) is 3.05. The van der Waals surface area contributed by atoms with Crippen LogP contribution in [-0.2, 0) is 4.74 Å². The summed E-state index contributed by atoms with van der Waals surface area (Å²) in [5, 5.41) is 0. The summed E-state index contributed by atoms with van der Waals surface area (Å²) in [5.74, 6) is 1.37. The van der Waals surface area contributed by atoms with Crippen LogP contribution in [0.1, 0.15) is 24.8 Å². The predicted molar refractivity (Wildman–Crippen MR) is 80.4 cm³/mol. The lowest BCUT2D eigenvalue weighted by Gasteiger charge is -2.26. The summed E-state index contributed by atoms with van der Waals surface area (Å²) in [7, 11) is 0. The Balaban J connectivity index is 1.44. The standard InChI is InChI=1S/C16H22N2O2/c1-13-12-17-16-4-3-14(11-15(13)16)20-8-2-5-18-6-9-19-10-7-18/h3-4,11-13H,2,5-10H2,1H3. The number of nitrogens with zero attached hydrogens (tertiary/aromatic N) is 2. The van der Waals surface area contributed by atoms with E-state index in [0.29, 0.717) is 5.92 Å². The van der Waals surface area contributed by atoms with E-state index in [-0.39, 0.29) is 0 Å². The normalized spacial score (nSPS) is 21.9. The Kier molecular flexibility index (Phi) is 4.33. The van der Waals surface area contributed by atoms with Crippen molar-refractivity contribution in [3.05, 3.63) is 23.8 Å². The van der Waals surface area contributed by atoms with Gasteiger partial charge in [-0.1, -0.05) is 6.92 Å². The van der Waals surface area contributed by atoms with Crippen molar-refractivity contribution in [2.24, 2.45) is 4.99 Å². The summed E-state index contributed by atoms with van der Waals surface area (Å²) in [6.45, 7) is 7.85. The minimum atomic E-state index is 0.405. The molecule has 3 rings (SSSR count). The second-order valence-electron chi connectivity index (χ2n) is 5.44. The van der Waals surface area contributed by atoms with Crippen molar-refractivity contribution in [1.82, 2.24) is 4.90 Å². The van der Waals surface area contributed by atoms with E-state index < -0.39 is 0 Å². The minimum absolute atomic E-state index is 0.405. The van der Waals surface area contributed by atoms with E-state index in [1.165, 1.54) is 5.56 Å². The number of aliphatic imine (C=N–C) groups is 1. The molecule has 1 atom stereocenters. The molecule has 1 saturated heterocycles. The third-order valence-corrected chi connectivity index (χ3v) is 3.92. The first-order valence-electron chi connectivity index (χ1n) is 7.44. The summed E-state index contributed by atoms with van der Waals surface area (Å²) in [6, 6.07) is 6.19. The van der Waals surface area contributed by atoms with Crippen LogP contribution in [0.3, 0.4) is 0 Å². The van der Waals surface area contributed by atoms with Crippen molar-refractivity contribution >= 4 is 11.9 Å². The quantitative estimate of drug-likeness (QED) is 0.774. The predicted octanol–water partition coefficient (Wildman–Crippen LogP) is 2.61. The summed E-state index contributed by atoms with van der Waals surface area (Å²) in [4.78, 5) is 6.82. The first-order valence-corrected chi connectivity index (χ1v) is 7.44. The van der Waals surface area contributed by atoms with Crippen LogP contribution in [0.25, 0.3) is 0 Å². The lowest BCUT2D eigenvalue weighted by atomic mass is 10.0. The molecule has 0 bridgehead atoms. The van der Waals surface area contributed by atoms with Crippen molar-refractivity contribution in [3.8, 4) is 5.75 Å². The molecule has 1 fully saturated rings. The van der Waals surface area contributed by atoms with Crippen LogP contribution in [-0.4, -0.2) is 50.6 Å². The van der Waals surface area contributed by atoms with Gasteiger partial charge in [0.2, 0.25) is 0 Å². The van der Waals surface area contributed by atoms with Gasteiger partial charge in [0.05, 0.1) is 25.5 Å². The van der Waals surface area contributed by atoms with E-state index in [1.54, 1.807) is 0 Å². The van der Waals surface area contributed by atoms with Gasteiger partial charge in [-0.25, -0.2) is 0 Å². The van der Waals surface area contributed by atoms with Crippen molar-refractivity contribution < 1.29 is 9.47 Å². The molecule has 0 radical (unpaired) electrons. The molecule has 0 aromatic heterocycles. The molecule has 2 aliphatic heterocycles. The SMILES string of the molecule is CC1C=Nc2ccc(OCCCN3CCOCC3)cc21. The first kappa shape index (κ1) is 13.6. The molecule has 2 heterocycles. The van der Waals surface area contributed by atoms with Crippen LogP contribution in [0, 0.1) is 0 Å². The van der Waals surface area contributed by atoms with Gasteiger partial charge >= 0.3 is 0 Å². The fourth-order valence-corrected chi connectivity index (χ4v) is 2.68. The summed E-state index contributed by atoms with van der Waals surface area (Å²) >= 11 is 0. The number of morpholine rings is 1. The number of fused-ring (bicyclic) bond motifs is 1. The van der Waals surface area contributed by atoms with Crippen LogP contribution < -0.4 is 4.74 Å². The molecule has 4 heteroatoms. The average molecular weight is 274 g/mol. The average Bonchev–Trinajstić information content (AvgIpc) is 2.86. The van der Waals surface area contributed by atoms with E-state index in [4.69, 9.17) is 9.47 Å². The van der Waals surface area contributed by atoms with Crippen LogP contribution in [0.4, 0.5) is 5.69 Å². The smallest absolute Gasteiger partial charge is 0.119 e. The Hall–Kier alpha value is -1.39. The molecule has 108 valence electrons. The largest absolute Gasteiger partial charge is 0.494 e. The number of rotatable bonds is 5.